The minimum atomic E-state index is -1.67. The summed E-state index contributed by atoms with van der Waals surface area (Å²) in [7, 11) is 0. The normalized spacial score (nSPS) is 15.2. The predicted molar refractivity (Wildman–Crippen MR) is 114 cm³/mol. The number of aliphatic imine (C=N–C) groups is 1. The summed E-state index contributed by atoms with van der Waals surface area (Å²) in [4.78, 5) is 63.6. The van der Waals surface area contributed by atoms with Crippen molar-refractivity contribution in [3.63, 3.8) is 0 Å². The molecule has 16 nitrogen and oxygen atoms in total. The molecule has 5 atom stereocenters. The largest absolute Gasteiger partial charge is 0.480 e. The predicted octanol–water partition coefficient (Wildman–Crippen LogP) is -5.85. The zero-order valence-corrected chi connectivity index (χ0v) is 18.1. The van der Waals surface area contributed by atoms with Gasteiger partial charge in [0.15, 0.2) is 12.0 Å². The quantitative estimate of drug-likeness (QED) is 0.0602. The van der Waals surface area contributed by atoms with E-state index in [1.54, 1.807) is 0 Å². The van der Waals surface area contributed by atoms with Crippen LogP contribution in [0.25, 0.3) is 0 Å². The number of hydrogen-bond donors (Lipinski definition) is 10. The number of primary amides is 1. The van der Waals surface area contributed by atoms with E-state index in [9.17, 15) is 29.1 Å². The molecule has 4 amide bonds. The zero-order chi connectivity index (χ0) is 25.7. The van der Waals surface area contributed by atoms with Gasteiger partial charge in [-0.25, -0.2) is 4.79 Å². The number of nitrogens with two attached hydrogens (primary N) is 4. The van der Waals surface area contributed by atoms with Crippen LogP contribution in [0, 0.1) is 0 Å². The van der Waals surface area contributed by atoms with Gasteiger partial charge in [0.2, 0.25) is 23.6 Å². The Labute approximate surface area is 189 Å². The lowest BCUT2D eigenvalue weighted by Gasteiger charge is -2.25. The minimum Gasteiger partial charge on any atom is -0.480 e. The molecule has 0 rings (SSSR count). The van der Waals surface area contributed by atoms with Gasteiger partial charge in [-0.15, -0.1) is 0 Å². The number of carboxylic acid groups (broad SMARTS) is 1. The standard InChI is InChI=1S/C17H32N8O8/c1-7(27)12(16(32)33)25-14(30)9(3-2-4-22-17(20)21)23-15(31)10(5-11(19)28)24-13(29)8(18)6-26/h7-10,12,26-27H,2-6,18H2,1H3,(H2,19,28)(H,23,31)(H,24,29)(H,25,30)(H,32,33)(H4,20,21,22). The van der Waals surface area contributed by atoms with Crippen molar-refractivity contribution in [3.8, 4) is 0 Å². The lowest BCUT2D eigenvalue weighted by Crippen LogP contribution is -2.59. The first-order valence-electron chi connectivity index (χ1n) is 9.82. The Morgan fingerprint density at radius 3 is 1.94 bits per heavy atom. The number of carboxylic acids is 1. The van der Waals surface area contributed by atoms with Crippen LogP contribution in [0.1, 0.15) is 26.2 Å². The van der Waals surface area contributed by atoms with Crippen molar-refractivity contribution in [1.29, 1.82) is 0 Å². The third-order valence-electron chi connectivity index (χ3n) is 4.20. The highest BCUT2D eigenvalue weighted by molar-refractivity contribution is 5.96. The van der Waals surface area contributed by atoms with Crippen molar-refractivity contribution in [3.05, 3.63) is 0 Å². The van der Waals surface area contributed by atoms with Crippen LogP contribution >= 0.6 is 0 Å². The van der Waals surface area contributed by atoms with E-state index in [4.69, 9.17) is 33.1 Å². The Morgan fingerprint density at radius 1 is 0.939 bits per heavy atom. The molecule has 0 heterocycles. The molecule has 0 spiro atoms. The third kappa shape index (κ3) is 11.6. The maximum absolute atomic E-state index is 12.7. The highest BCUT2D eigenvalue weighted by Crippen LogP contribution is 2.04. The average Bonchev–Trinajstić information content (AvgIpc) is 2.71. The van der Waals surface area contributed by atoms with Crippen molar-refractivity contribution < 1.29 is 39.3 Å². The molecule has 188 valence electrons. The average molecular weight is 476 g/mol. The maximum Gasteiger partial charge on any atom is 0.328 e. The number of nitrogens with one attached hydrogen (secondary N) is 3. The summed E-state index contributed by atoms with van der Waals surface area (Å²) in [5.74, 6) is -5.59. The first-order valence-corrected chi connectivity index (χ1v) is 9.82. The van der Waals surface area contributed by atoms with Gasteiger partial charge < -0.3 is 54.2 Å². The van der Waals surface area contributed by atoms with Gasteiger partial charge in [-0.1, -0.05) is 0 Å². The molecule has 0 aromatic heterocycles. The summed E-state index contributed by atoms with van der Waals surface area (Å²) < 4.78 is 0. The highest BCUT2D eigenvalue weighted by atomic mass is 16.4. The Hall–Kier alpha value is -3.50. The van der Waals surface area contributed by atoms with Gasteiger partial charge in [-0.2, -0.15) is 0 Å². The van der Waals surface area contributed by atoms with Crippen LogP contribution in [0.4, 0.5) is 0 Å². The number of nitrogens with zero attached hydrogens (tertiary/aromatic N) is 1. The number of guanidine groups is 1. The number of hydrogen-bond acceptors (Lipinski definition) is 9. The van der Waals surface area contributed by atoms with Crippen molar-refractivity contribution in [1.82, 2.24) is 16.0 Å². The monoisotopic (exact) mass is 476 g/mol. The Bertz CT molecular complexity index is 741. The first kappa shape index (κ1) is 29.5. The van der Waals surface area contributed by atoms with Crippen LogP contribution in [0.5, 0.6) is 0 Å². The number of rotatable bonds is 15. The van der Waals surface area contributed by atoms with E-state index in [0.29, 0.717) is 0 Å². The third-order valence-corrected chi connectivity index (χ3v) is 4.20. The Kier molecular flexibility index (Phi) is 13.0. The topological polar surface area (TPSA) is 299 Å². The van der Waals surface area contributed by atoms with E-state index < -0.39 is 72.9 Å². The Balaban J connectivity index is 5.59. The second-order valence-electron chi connectivity index (χ2n) is 7.10. The van der Waals surface area contributed by atoms with E-state index in [1.807, 2.05) is 0 Å². The van der Waals surface area contributed by atoms with E-state index in [1.165, 1.54) is 0 Å². The van der Waals surface area contributed by atoms with Crippen molar-refractivity contribution in [2.24, 2.45) is 27.9 Å². The molecule has 0 radical (unpaired) electrons. The summed E-state index contributed by atoms with van der Waals surface area (Å²) in [6.45, 7) is 0.490. The lowest BCUT2D eigenvalue weighted by molar-refractivity contribution is -0.145. The van der Waals surface area contributed by atoms with Crippen LogP contribution in [0.15, 0.2) is 4.99 Å². The zero-order valence-electron chi connectivity index (χ0n) is 18.1. The highest BCUT2D eigenvalue weighted by Gasteiger charge is 2.32. The van der Waals surface area contributed by atoms with Crippen molar-refractivity contribution in [2.75, 3.05) is 13.2 Å². The van der Waals surface area contributed by atoms with Crippen LogP contribution in [0.3, 0.4) is 0 Å². The Morgan fingerprint density at radius 2 is 1.48 bits per heavy atom. The molecule has 0 bridgehead atoms. The fourth-order valence-corrected chi connectivity index (χ4v) is 2.46. The molecular formula is C17H32N8O8. The molecule has 0 aromatic carbocycles. The number of carbonyl (C=O) groups is 5. The number of aliphatic hydroxyl groups excluding tert-OH is 2. The van der Waals surface area contributed by atoms with Gasteiger partial charge in [0.1, 0.15) is 18.1 Å². The van der Waals surface area contributed by atoms with Crippen LogP contribution in [0.2, 0.25) is 0 Å². The molecule has 16 heteroatoms. The fourth-order valence-electron chi connectivity index (χ4n) is 2.46. The van der Waals surface area contributed by atoms with E-state index in [2.05, 4.69) is 20.9 Å². The smallest absolute Gasteiger partial charge is 0.328 e. The molecule has 0 aliphatic carbocycles. The summed E-state index contributed by atoms with van der Waals surface area (Å²) in [6, 6.07) is -5.94. The van der Waals surface area contributed by atoms with Gasteiger partial charge in [-0.3, -0.25) is 24.2 Å². The number of aliphatic carboxylic acids is 1. The molecule has 33 heavy (non-hydrogen) atoms. The molecule has 14 N–H and O–H groups in total. The maximum atomic E-state index is 12.7. The van der Waals surface area contributed by atoms with E-state index in [-0.39, 0.29) is 25.3 Å². The van der Waals surface area contributed by atoms with E-state index >= 15 is 0 Å². The molecule has 5 unspecified atom stereocenters. The molecule has 0 aromatic rings. The molecule has 0 aliphatic heterocycles. The van der Waals surface area contributed by atoms with Gasteiger partial charge in [0.05, 0.1) is 19.1 Å². The molecule has 0 fully saturated rings. The first-order chi connectivity index (χ1) is 15.3. The lowest BCUT2D eigenvalue weighted by atomic mass is 10.1. The number of carbonyl (C=O) groups excluding carboxylic acids is 4. The number of amides is 4. The molecule has 0 saturated heterocycles. The van der Waals surface area contributed by atoms with Gasteiger partial charge in [0.25, 0.3) is 0 Å². The second kappa shape index (κ2) is 14.5. The van der Waals surface area contributed by atoms with Crippen molar-refractivity contribution >= 4 is 35.6 Å². The SMILES string of the molecule is CC(O)C(NC(=O)C(CCCN=C(N)N)NC(=O)C(CC(N)=O)NC(=O)C(N)CO)C(=O)O. The second-order valence-corrected chi connectivity index (χ2v) is 7.10. The summed E-state index contributed by atoms with van der Waals surface area (Å²) >= 11 is 0. The van der Waals surface area contributed by atoms with Gasteiger partial charge >= 0.3 is 5.97 Å². The van der Waals surface area contributed by atoms with Crippen LogP contribution < -0.4 is 38.9 Å². The number of aliphatic hydroxyl groups is 2. The fraction of sp³-hybridized carbons (Fsp3) is 0.647. The van der Waals surface area contributed by atoms with Gasteiger partial charge in [0, 0.05) is 6.54 Å². The molecule has 0 aliphatic rings. The minimum absolute atomic E-state index is 0.0755. The van der Waals surface area contributed by atoms with E-state index in [0.717, 1.165) is 6.92 Å². The molecular weight excluding hydrogens is 444 g/mol. The van der Waals surface area contributed by atoms with Crippen LogP contribution in [-0.2, 0) is 24.0 Å². The molecule has 0 saturated carbocycles. The summed E-state index contributed by atoms with van der Waals surface area (Å²) in [5, 5.41) is 34.2. The summed E-state index contributed by atoms with van der Waals surface area (Å²) in [6.07, 6.45) is -2.01. The summed E-state index contributed by atoms with van der Waals surface area (Å²) in [5.41, 5.74) is 20.9. The van der Waals surface area contributed by atoms with Crippen molar-refractivity contribution in [2.45, 2.75) is 56.5 Å². The van der Waals surface area contributed by atoms with Gasteiger partial charge in [-0.05, 0) is 19.8 Å². The van der Waals surface area contributed by atoms with Crippen LogP contribution in [-0.4, -0.2) is 94.3 Å².